The van der Waals surface area contributed by atoms with E-state index in [1.807, 2.05) is 49.4 Å². The Hall–Kier alpha value is -2.96. The van der Waals surface area contributed by atoms with Crippen LogP contribution in [0.3, 0.4) is 0 Å². The van der Waals surface area contributed by atoms with E-state index in [4.69, 9.17) is 9.47 Å². The lowest BCUT2D eigenvalue weighted by Crippen LogP contribution is -2.64. The molecular formula is C29H38N2O8S. The van der Waals surface area contributed by atoms with Gasteiger partial charge in [0.05, 0.1) is 31.0 Å². The Kier molecular flexibility index (Phi) is 12.0. The van der Waals surface area contributed by atoms with E-state index in [1.54, 1.807) is 23.9 Å². The first-order chi connectivity index (χ1) is 19.1. The van der Waals surface area contributed by atoms with Crippen molar-refractivity contribution < 1.29 is 39.2 Å². The van der Waals surface area contributed by atoms with Gasteiger partial charge in [0.1, 0.15) is 0 Å². The van der Waals surface area contributed by atoms with Crippen LogP contribution in [-0.2, 0) is 19.1 Å². The second kappa shape index (κ2) is 15.2. The van der Waals surface area contributed by atoms with Crippen LogP contribution in [0.1, 0.15) is 43.5 Å². The van der Waals surface area contributed by atoms with Crippen molar-refractivity contribution in [3.05, 3.63) is 60.2 Å². The smallest absolute Gasteiger partial charge is 0.364 e. The molecule has 0 unspecified atom stereocenters. The molecule has 0 aromatic heterocycles. The molecule has 0 aliphatic carbocycles. The molecule has 0 spiro atoms. The summed E-state index contributed by atoms with van der Waals surface area (Å²) in [5.41, 5.74) is 2.39. The second-order valence-corrected chi connectivity index (χ2v) is 11.0. The third kappa shape index (κ3) is 8.77. The number of aliphatic hydroxyl groups excluding tert-OH is 2. The van der Waals surface area contributed by atoms with Crippen molar-refractivity contribution in [2.24, 2.45) is 0 Å². The summed E-state index contributed by atoms with van der Waals surface area (Å²) in [5, 5.41) is 36.7. The first-order valence-electron chi connectivity index (χ1n) is 13.3. The summed E-state index contributed by atoms with van der Waals surface area (Å²) in [6.45, 7) is 3.24. The first-order valence-corrected chi connectivity index (χ1v) is 14.5. The number of benzene rings is 2. The summed E-state index contributed by atoms with van der Waals surface area (Å²) >= 11 is 1.69. The van der Waals surface area contributed by atoms with E-state index in [2.05, 4.69) is 10.6 Å². The normalized spacial score (nSPS) is 23.2. The van der Waals surface area contributed by atoms with E-state index in [0.717, 1.165) is 22.6 Å². The number of nitrogens with one attached hydrogen (secondary N) is 2. The molecule has 11 heteroatoms. The number of hydrogen-bond acceptors (Lipinski definition) is 8. The Balaban J connectivity index is 1.63. The molecule has 2 amide bonds. The van der Waals surface area contributed by atoms with Crippen molar-refractivity contribution in [1.82, 2.24) is 10.6 Å². The largest absolute Gasteiger partial charge is 0.477 e. The maximum Gasteiger partial charge on any atom is 0.364 e. The summed E-state index contributed by atoms with van der Waals surface area (Å²) in [6.07, 6.45) is -3.52. The number of hydrogen-bond donors (Lipinski definition) is 5. The molecule has 2 aromatic carbocycles. The summed E-state index contributed by atoms with van der Waals surface area (Å²) in [6, 6.07) is 15.8. The molecule has 3 rings (SSSR count). The van der Waals surface area contributed by atoms with Crippen LogP contribution in [0, 0.1) is 0 Å². The van der Waals surface area contributed by atoms with Gasteiger partial charge in [-0.2, -0.15) is 11.8 Å². The zero-order chi connectivity index (χ0) is 29.1. The molecule has 218 valence electrons. The number of aliphatic hydroxyl groups is 2. The van der Waals surface area contributed by atoms with E-state index in [0.29, 0.717) is 12.0 Å². The average molecular weight is 575 g/mol. The van der Waals surface area contributed by atoms with Crippen molar-refractivity contribution in [1.29, 1.82) is 0 Å². The van der Waals surface area contributed by atoms with E-state index < -0.39 is 54.3 Å². The van der Waals surface area contributed by atoms with Gasteiger partial charge in [-0.25, -0.2) is 4.79 Å². The first kappa shape index (κ1) is 31.6. The minimum atomic E-state index is -2.13. The molecule has 40 heavy (non-hydrogen) atoms. The zero-order valence-electron chi connectivity index (χ0n) is 22.7. The fourth-order valence-electron chi connectivity index (χ4n) is 4.58. The van der Waals surface area contributed by atoms with Gasteiger partial charge in [0.2, 0.25) is 5.91 Å². The summed E-state index contributed by atoms with van der Waals surface area (Å²) in [5.74, 6) is -2.66. The SMILES string of the molecule is CCSCCCO[C@]1(C(=O)O)C[C@H](O)[C@@H](NC(C)=O)[C@H](C[C@H](O)CNC(=O)c2ccc(-c3ccccc3)cc2)O1. The highest BCUT2D eigenvalue weighted by Gasteiger charge is 2.53. The standard InChI is InChI=1S/C29H38N2O8S/c1-3-40-15-7-14-38-29(28(36)37)17-24(34)26(31-19(2)32)25(39-29)16-23(33)18-30-27(35)22-12-10-21(11-13-22)20-8-5-4-6-9-20/h4-6,8-13,23-26,33-34H,3,7,14-18H2,1-2H3,(H,30,35)(H,31,32)(H,36,37)/t23-,24-,25-,26+,29+/m0/s1. The number of carboxylic acid groups (broad SMARTS) is 1. The van der Waals surface area contributed by atoms with Crippen molar-refractivity contribution in [2.45, 2.75) is 63.3 Å². The molecule has 0 radical (unpaired) electrons. The van der Waals surface area contributed by atoms with Crippen LogP contribution in [-0.4, -0.2) is 87.9 Å². The van der Waals surface area contributed by atoms with Crippen LogP contribution < -0.4 is 10.6 Å². The zero-order valence-corrected chi connectivity index (χ0v) is 23.6. The average Bonchev–Trinajstić information content (AvgIpc) is 2.94. The van der Waals surface area contributed by atoms with Gasteiger partial charge in [-0.05, 0) is 41.2 Å². The van der Waals surface area contributed by atoms with Crippen LogP contribution >= 0.6 is 11.8 Å². The van der Waals surface area contributed by atoms with E-state index in [-0.39, 0.29) is 19.6 Å². The van der Waals surface area contributed by atoms with Crippen LogP contribution in [0.2, 0.25) is 0 Å². The molecule has 2 aromatic rings. The molecule has 0 bridgehead atoms. The van der Waals surface area contributed by atoms with Gasteiger partial charge < -0.3 is 35.4 Å². The maximum absolute atomic E-state index is 12.7. The fourth-order valence-corrected chi connectivity index (χ4v) is 5.19. The third-order valence-corrected chi connectivity index (χ3v) is 7.55. The Morgan fingerprint density at radius 3 is 2.42 bits per heavy atom. The number of ether oxygens (including phenoxy) is 2. The van der Waals surface area contributed by atoms with Crippen molar-refractivity contribution in [3.63, 3.8) is 0 Å². The molecule has 5 N–H and O–H groups in total. The Morgan fingerprint density at radius 2 is 1.80 bits per heavy atom. The minimum absolute atomic E-state index is 0.102. The van der Waals surface area contributed by atoms with Crippen LogP contribution in [0.15, 0.2) is 54.6 Å². The number of aliphatic carboxylic acids is 1. The van der Waals surface area contributed by atoms with Crippen molar-refractivity contribution in [3.8, 4) is 11.1 Å². The van der Waals surface area contributed by atoms with Crippen LogP contribution in [0.5, 0.6) is 0 Å². The molecule has 1 saturated heterocycles. The van der Waals surface area contributed by atoms with Gasteiger partial charge in [0.15, 0.2) is 0 Å². The maximum atomic E-state index is 12.7. The van der Waals surface area contributed by atoms with Gasteiger partial charge >= 0.3 is 5.97 Å². The van der Waals surface area contributed by atoms with Gasteiger partial charge in [0, 0.05) is 31.9 Å². The molecule has 1 aliphatic rings. The Bertz CT molecular complexity index is 1120. The number of thioether (sulfide) groups is 1. The molecule has 1 aliphatic heterocycles. The van der Waals surface area contributed by atoms with E-state index in [9.17, 15) is 29.7 Å². The highest BCUT2D eigenvalue weighted by Crippen LogP contribution is 2.33. The van der Waals surface area contributed by atoms with Gasteiger partial charge in [-0.3, -0.25) is 9.59 Å². The van der Waals surface area contributed by atoms with Gasteiger partial charge in [-0.15, -0.1) is 0 Å². The minimum Gasteiger partial charge on any atom is -0.477 e. The Labute approximate surface area is 238 Å². The van der Waals surface area contributed by atoms with Crippen molar-refractivity contribution in [2.75, 3.05) is 24.7 Å². The number of rotatable bonds is 14. The van der Waals surface area contributed by atoms with Crippen molar-refractivity contribution >= 4 is 29.5 Å². The van der Waals surface area contributed by atoms with E-state index >= 15 is 0 Å². The Morgan fingerprint density at radius 1 is 1.12 bits per heavy atom. The predicted octanol–water partition coefficient (Wildman–Crippen LogP) is 2.43. The molecular weight excluding hydrogens is 536 g/mol. The summed E-state index contributed by atoms with van der Waals surface area (Å²) < 4.78 is 11.5. The highest BCUT2D eigenvalue weighted by atomic mass is 32.2. The molecule has 10 nitrogen and oxygen atoms in total. The van der Waals surface area contributed by atoms with E-state index in [1.165, 1.54) is 6.92 Å². The summed E-state index contributed by atoms with van der Waals surface area (Å²) in [4.78, 5) is 36.7. The molecule has 1 fully saturated rings. The number of amides is 2. The second-order valence-electron chi connectivity index (χ2n) is 9.65. The quantitative estimate of drug-likeness (QED) is 0.214. The van der Waals surface area contributed by atoms with Gasteiger partial charge in [0.25, 0.3) is 11.7 Å². The predicted molar refractivity (Wildman–Crippen MR) is 152 cm³/mol. The lowest BCUT2D eigenvalue weighted by atomic mass is 9.90. The van der Waals surface area contributed by atoms with Crippen LogP contribution in [0.25, 0.3) is 11.1 Å². The fraction of sp³-hybridized carbons (Fsp3) is 0.483. The van der Waals surface area contributed by atoms with Crippen LogP contribution in [0.4, 0.5) is 0 Å². The monoisotopic (exact) mass is 574 g/mol. The number of carbonyl (C=O) groups is 3. The topological polar surface area (TPSA) is 154 Å². The lowest BCUT2D eigenvalue weighted by Gasteiger charge is -2.45. The highest BCUT2D eigenvalue weighted by molar-refractivity contribution is 7.99. The summed E-state index contributed by atoms with van der Waals surface area (Å²) in [7, 11) is 0. The molecule has 5 atom stereocenters. The number of carbonyl (C=O) groups excluding carboxylic acids is 2. The molecule has 1 heterocycles. The lowest BCUT2D eigenvalue weighted by molar-refractivity contribution is -0.297. The van der Waals surface area contributed by atoms with Gasteiger partial charge in [-0.1, -0.05) is 49.4 Å². The third-order valence-electron chi connectivity index (χ3n) is 6.56. The number of carboxylic acids is 1. The molecule has 0 saturated carbocycles.